The van der Waals surface area contributed by atoms with Crippen molar-refractivity contribution in [3.8, 4) is 0 Å². The number of nitrogens with zero attached hydrogens (tertiary/aromatic N) is 2. The number of aromatic nitrogens is 2. The molecule has 2 aromatic rings. The molecule has 1 saturated carbocycles. The summed E-state index contributed by atoms with van der Waals surface area (Å²) in [5.41, 5.74) is 7.08. The standard InChI is InChI=1S/C12H14N4OS2/c13-3-10-16-9(6-18-10)12(17)14-4-11-15-8(5-19-11)7-1-2-7/h5-7H,1-4,13H2,(H,14,17). The van der Waals surface area contributed by atoms with Crippen molar-refractivity contribution in [3.63, 3.8) is 0 Å². The topological polar surface area (TPSA) is 80.9 Å². The van der Waals surface area contributed by atoms with Crippen LogP contribution in [0.15, 0.2) is 10.8 Å². The summed E-state index contributed by atoms with van der Waals surface area (Å²) >= 11 is 3.01. The van der Waals surface area contributed by atoms with Crippen LogP contribution in [0.1, 0.15) is 45.0 Å². The molecule has 0 atom stereocenters. The van der Waals surface area contributed by atoms with Crippen molar-refractivity contribution in [1.29, 1.82) is 0 Å². The Bertz CT molecular complexity index is 588. The molecule has 19 heavy (non-hydrogen) atoms. The molecule has 3 rings (SSSR count). The molecule has 1 fully saturated rings. The maximum Gasteiger partial charge on any atom is 0.271 e. The van der Waals surface area contributed by atoms with E-state index in [1.165, 1.54) is 29.9 Å². The number of nitrogens with one attached hydrogen (secondary N) is 1. The van der Waals surface area contributed by atoms with Gasteiger partial charge in [-0.2, -0.15) is 0 Å². The number of rotatable bonds is 5. The highest BCUT2D eigenvalue weighted by Gasteiger charge is 2.26. The van der Waals surface area contributed by atoms with Crippen LogP contribution in [0.3, 0.4) is 0 Å². The van der Waals surface area contributed by atoms with Gasteiger partial charge in [-0.25, -0.2) is 9.97 Å². The molecule has 0 bridgehead atoms. The average molecular weight is 294 g/mol. The minimum absolute atomic E-state index is 0.167. The van der Waals surface area contributed by atoms with Gasteiger partial charge in [-0.05, 0) is 12.8 Å². The molecule has 1 amide bonds. The summed E-state index contributed by atoms with van der Waals surface area (Å²) in [5.74, 6) is 0.491. The Morgan fingerprint density at radius 1 is 1.32 bits per heavy atom. The van der Waals surface area contributed by atoms with Crippen molar-refractivity contribution in [2.75, 3.05) is 0 Å². The molecule has 3 N–H and O–H groups in total. The Hall–Kier alpha value is -1.31. The molecule has 0 aromatic carbocycles. The van der Waals surface area contributed by atoms with Crippen LogP contribution in [0.2, 0.25) is 0 Å². The Morgan fingerprint density at radius 3 is 2.79 bits per heavy atom. The van der Waals surface area contributed by atoms with Crippen LogP contribution in [0, 0.1) is 0 Å². The first-order valence-corrected chi connectivity index (χ1v) is 7.89. The fourth-order valence-corrected chi connectivity index (χ4v) is 3.20. The Kier molecular flexibility index (Phi) is 3.58. The molecular formula is C12H14N4OS2. The predicted octanol–water partition coefficient (Wildman–Crippen LogP) is 1.87. The smallest absolute Gasteiger partial charge is 0.271 e. The van der Waals surface area contributed by atoms with Crippen LogP contribution >= 0.6 is 22.7 Å². The number of hydrogen-bond acceptors (Lipinski definition) is 6. The SMILES string of the molecule is NCc1nc(C(=O)NCc2nc(C3CC3)cs2)cs1. The molecule has 7 heteroatoms. The van der Waals surface area contributed by atoms with Gasteiger partial charge in [0.1, 0.15) is 15.7 Å². The molecular weight excluding hydrogens is 280 g/mol. The minimum atomic E-state index is -0.167. The maximum absolute atomic E-state index is 11.9. The van der Waals surface area contributed by atoms with Gasteiger partial charge in [-0.1, -0.05) is 0 Å². The first-order valence-electron chi connectivity index (χ1n) is 6.13. The molecule has 2 aromatic heterocycles. The van der Waals surface area contributed by atoms with Gasteiger partial charge < -0.3 is 11.1 Å². The predicted molar refractivity (Wildman–Crippen MR) is 75.3 cm³/mol. The molecule has 0 radical (unpaired) electrons. The van der Waals surface area contributed by atoms with Crippen LogP contribution in [0.4, 0.5) is 0 Å². The summed E-state index contributed by atoms with van der Waals surface area (Å²) in [7, 11) is 0. The van der Waals surface area contributed by atoms with Crippen molar-refractivity contribution in [1.82, 2.24) is 15.3 Å². The highest BCUT2D eigenvalue weighted by molar-refractivity contribution is 7.10. The minimum Gasteiger partial charge on any atom is -0.344 e. The van der Waals surface area contributed by atoms with E-state index in [9.17, 15) is 4.79 Å². The Balaban J connectivity index is 1.56. The molecule has 0 unspecified atom stereocenters. The molecule has 0 saturated heterocycles. The van der Waals surface area contributed by atoms with Crippen molar-refractivity contribution < 1.29 is 4.79 Å². The van der Waals surface area contributed by atoms with E-state index < -0.39 is 0 Å². The molecule has 0 aliphatic heterocycles. The normalized spacial score (nSPS) is 14.6. The van der Waals surface area contributed by atoms with E-state index in [4.69, 9.17) is 5.73 Å². The average Bonchev–Trinajstić information content (AvgIpc) is 2.99. The van der Waals surface area contributed by atoms with Crippen molar-refractivity contribution in [3.05, 3.63) is 32.2 Å². The number of thiazole rings is 2. The zero-order valence-electron chi connectivity index (χ0n) is 10.3. The van der Waals surface area contributed by atoms with Gasteiger partial charge in [0.2, 0.25) is 0 Å². The summed E-state index contributed by atoms with van der Waals surface area (Å²) in [6, 6.07) is 0. The molecule has 0 spiro atoms. The van der Waals surface area contributed by atoms with Gasteiger partial charge in [0, 0.05) is 23.2 Å². The van der Waals surface area contributed by atoms with Crippen LogP contribution in [0.5, 0.6) is 0 Å². The molecule has 2 heterocycles. The van der Waals surface area contributed by atoms with Gasteiger partial charge in [0.25, 0.3) is 5.91 Å². The van der Waals surface area contributed by atoms with Crippen molar-refractivity contribution in [2.24, 2.45) is 5.73 Å². The van der Waals surface area contributed by atoms with E-state index in [2.05, 4.69) is 20.7 Å². The largest absolute Gasteiger partial charge is 0.344 e. The lowest BCUT2D eigenvalue weighted by molar-refractivity contribution is 0.0946. The summed E-state index contributed by atoms with van der Waals surface area (Å²) in [4.78, 5) is 20.5. The molecule has 1 aliphatic carbocycles. The maximum atomic E-state index is 11.9. The zero-order valence-corrected chi connectivity index (χ0v) is 11.9. The van der Waals surface area contributed by atoms with Gasteiger partial charge in [0.15, 0.2) is 0 Å². The Morgan fingerprint density at radius 2 is 2.11 bits per heavy atom. The number of carbonyl (C=O) groups is 1. The van der Waals surface area contributed by atoms with E-state index in [0.717, 1.165) is 10.0 Å². The second-order valence-corrected chi connectivity index (χ2v) is 6.34. The van der Waals surface area contributed by atoms with E-state index in [1.54, 1.807) is 16.7 Å². The van der Waals surface area contributed by atoms with Gasteiger partial charge in [-0.15, -0.1) is 22.7 Å². The third-order valence-electron chi connectivity index (χ3n) is 2.92. The lowest BCUT2D eigenvalue weighted by Crippen LogP contribution is -2.23. The second kappa shape index (κ2) is 5.36. The van der Waals surface area contributed by atoms with E-state index >= 15 is 0 Å². The lowest BCUT2D eigenvalue weighted by atomic mass is 10.3. The fourth-order valence-electron chi connectivity index (χ4n) is 1.73. The summed E-state index contributed by atoms with van der Waals surface area (Å²) < 4.78 is 0. The lowest BCUT2D eigenvalue weighted by Gasteiger charge is -1.99. The third-order valence-corrected chi connectivity index (χ3v) is 4.66. The van der Waals surface area contributed by atoms with Gasteiger partial charge in [-0.3, -0.25) is 4.79 Å². The van der Waals surface area contributed by atoms with E-state index in [0.29, 0.717) is 24.7 Å². The first-order chi connectivity index (χ1) is 9.26. The quantitative estimate of drug-likeness (QED) is 0.882. The zero-order chi connectivity index (χ0) is 13.2. The fraction of sp³-hybridized carbons (Fsp3) is 0.417. The monoisotopic (exact) mass is 294 g/mol. The first kappa shape index (κ1) is 12.7. The van der Waals surface area contributed by atoms with Gasteiger partial charge >= 0.3 is 0 Å². The van der Waals surface area contributed by atoms with Crippen molar-refractivity contribution >= 4 is 28.6 Å². The Labute approximate surface area is 118 Å². The number of hydrogen-bond donors (Lipinski definition) is 2. The van der Waals surface area contributed by atoms with Crippen LogP contribution in [-0.4, -0.2) is 15.9 Å². The summed E-state index contributed by atoms with van der Waals surface area (Å²) in [6.45, 7) is 0.834. The van der Waals surface area contributed by atoms with E-state index in [-0.39, 0.29) is 5.91 Å². The van der Waals surface area contributed by atoms with E-state index in [1.807, 2.05) is 0 Å². The number of amides is 1. The number of nitrogens with two attached hydrogens (primary N) is 1. The van der Waals surface area contributed by atoms with Crippen molar-refractivity contribution in [2.45, 2.75) is 31.8 Å². The van der Waals surface area contributed by atoms with Crippen LogP contribution in [0.25, 0.3) is 0 Å². The molecule has 100 valence electrons. The van der Waals surface area contributed by atoms with Crippen LogP contribution in [-0.2, 0) is 13.1 Å². The molecule has 1 aliphatic rings. The third kappa shape index (κ3) is 2.99. The van der Waals surface area contributed by atoms with Gasteiger partial charge in [0.05, 0.1) is 12.2 Å². The highest BCUT2D eigenvalue weighted by atomic mass is 32.1. The summed E-state index contributed by atoms with van der Waals surface area (Å²) in [6.07, 6.45) is 2.49. The summed E-state index contributed by atoms with van der Waals surface area (Å²) in [5, 5.41) is 8.38. The van der Waals surface area contributed by atoms with Crippen LogP contribution < -0.4 is 11.1 Å². The second-order valence-electron chi connectivity index (χ2n) is 4.45. The molecule has 5 nitrogen and oxygen atoms in total. The highest BCUT2D eigenvalue weighted by Crippen LogP contribution is 2.40. The number of carbonyl (C=O) groups excluding carboxylic acids is 1.